The van der Waals surface area contributed by atoms with E-state index in [9.17, 15) is 9.18 Å². The molecule has 3 aromatic rings. The zero-order valence-corrected chi connectivity index (χ0v) is 12.3. The molecular weight excluding hydrogens is 297 g/mol. The van der Waals surface area contributed by atoms with Gasteiger partial charge in [0, 0.05) is 5.56 Å². The van der Waals surface area contributed by atoms with Crippen LogP contribution in [0.5, 0.6) is 5.75 Å². The number of aromatic nitrogens is 2. The van der Waals surface area contributed by atoms with E-state index in [1.165, 1.54) is 18.3 Å². The van der Waals surface area contributed by atoms with E-state index >= 15 is 0 Å². The zero-order valence-electron chi connectivity index (χ0n) is 12.3. The number of benzene rings is 2. The standard InChI is InChI=1S/C17H14FN3O2/c1-23-12-8-6-11(7-9-12)16-13(10-19-21-16)17(22)20-15-5-3-2-4-14(15)18/h2-10H,1H3,(H,19,21)(H,20,22). The molecule has 0 saturated carbocycles. The maximum atomic E-state index is 13.6. The number of ether oxygens (including phenoxy) is 1. The Morgan fingerprint density at radius 2 is 1.91 bits per heavy atom. The molecule has 0 aliphatic carbocycles. The number of hydrogen-bond donors (Lipinski definition) is 2. The van der Waals surface area contributed by atoms with E-state index in [1.54, 1.807) is 31.4 Å². The van der Waals surface area contributed by atoms with Gasteiger partial charge in [0.25, 0.3) is 5.91 Å². The van der Waals surface area contributed by atoms with Gasteiger partial charge in [-0.3, -0.25) is 9.89 Å². The van der Waals surface area contributed by atoms with Gasteiger partial charge in [-0.05, 0) is 36.4 Å². The van der Waals surface area contributed by atoms with Crippen molar-refractivity contribution >= 4 is 11.6 Å². The topological polar surface area (TPSA) is 67.0 Å². The van der Waals surface area contributed by atoms with Gasteiger partial charge >= 0.3 is 0 Å². The van der Waals surface area contributed by atoms with Crippen molar-refractivity contribution in [3.05, 3.63) is 66.1 Å². The van der Waals surface area contributed by atoms with Gasteiger partial charge in [-0.1, -0.05) is 12.1 Å². The number of nitrogens with one attached hydrogen (secondary N) is 2. The summed E-state index contributed by atoms with van der Waals surface area (Å²) in [6.45, 7) is 0. The van der Waals surface area contributed by atoms with Crippen LogP contribution in [0.15, 0.2) is 54.7 Å². The van der Waals surface area contributed by atoms with E-state index in [1.807, 2.05) is 12.1 Å². The molecule has 1 aromatic heterocycles. The van der Waals surface area contributed by atoms with E-state index in [0.717, 1.165) is 5.56 Å². The summed E-state index contributed by atoms with van der Waals surface area (Å²) in [4.78, 5) is 12.4. The van der Waals surface area contributed by atoms with Crippen molar-refractivity contribution in [3.63, 3.8) is 0 Å². The van der Waals surface area contributed by atoms with Crippen LogP contribution in [0, 0.1) is 5.82 Å². The van der Waals surface area contributed by atoms with Crippen molar-refractivity contribution in [1.29, 1.82) is 0 Å². The zero-order chi connectivity index (χ0) is 16.2. The number of para-hydroxylation sites is 1. The quantitative estimate of drug-likeness (QED) is 0.775. The molecule has 2 N–H and O–H groups in total. The molecule has 0 bridgehead atoms. The first kappa shape index (κ1) is 14.8. The second kappa shape index (κ2) is 6.31. The van der Waals surface area contributed by atoms with Crippen LogP contribution in [0.2, 0.25) is 0 Å². The normalized spacial score (nSPS) is 10.3. The highest BCUT2D eigenvalue weighted by molar-refractivity contribution is 6.08. The molecule has 0 aliphatic heterocycles. The third-order valence-electron chi connectivity index (χ3n) is 3.38. The Balaban J connectivity index is 1.88. The predicted octanol–water partition coefficient (Wildman–Crippen LogP) is 3.48. The first-order chi connectivity index (χ1) is 11.2. The summed E-state index contributed by atoms with van der Waals surface area (Å²) in [7, 11) is 1.58. The van der Waals surface area contributed by atoms with Crippen LogP contribution in [0.3, 0.4) is 0 Å². The van der Waals surface area contributed by atoms with Crippen molar-refractivity contribution in [3.8, 4) is 17.0 Å². The number of carbonyl (C=O) groups is 1. The Hall–Kier alpha value is -3.15. The number of carbonyl (C=O) groups excluding carboxylic acids is 1. The molecule has 6 heteroatoms. The second-order valence-electron chi connectivity index (χ2n) is 4.82. The second-order valence-corrected chi connectivity index (χ2v) is 4.82. The van der Waals surface area contributed by atoms with Crippen LogP contribution >= 0.6 is 0 Å². The Labute approximate surface area is 132 Å². The molecule has 0 radical (unpaired) electrons. The van der Waals surface area contributed by atoms with Crippen LogP contribution in [-0.2, 0) is 0 Å². The van der Waals surface area contributed by atoms with E-state index in [4.69, 9.17) is 4.74 Å². The Kier molecular flexibility index (Phi) is 4.05. The minimum Gasteiger partial charge on any atom is -0.497 e. The smallest absolute Gasteiger partial charge is 0.259 e. The summed E-state index contributed by atoms with van der Waals surface area (Å²) in [5.74, 6) is -0.212. The van der Waals surface area contributed by atoms with Crippen LogP contribution in [0.25, 0.3) is 11.3 Å². The molecule has 0 aliphatic rings. The average Bonchev–Trinajstić information content (AvgIpc) is 3.07. The highest BCUT2D eigenvalue weighted by Crippen LogP contribution is 2.24. The third-order valence-corrected chi connectivity index (χ3v) is 3.38. The molecule has 23 heavy (non-hydrogen) atoms. The van der Waals surface area contributed by atoms with Gasteiger partial charge in [0.05, 0.1) is 30.3 Å². The number of methoxy groups -OCH3 is 1. The number of aromatic amines is 1. The van der Waals surface area contributed by atoms with Gasteiger partial charge in [-0.2, -0.15) is 5.10 Å². The number of nitrogens with zero attached hydrogens (tertiary/aromatic N) is 1. The number of halogens is 1. The first-order valence-electron chi connectivity index (χ1n) is 6.92. The van der Waals surface area contributed by atoms with E-state index in [-0.39, 0.29) is 5.69 Å². The van der Waals surface area contributed by atoms with Gasteiger partial charge in [-0.15, -0.1) is 0 Å². The van der Waals surface area contributed by atoms with Crippen molar-refractivity contribution in [1.82, 2.24) is 10.2 Å². The summed E-state index contributed by atoms with van der Waals surface area (Å²) < 4.78 is 18.8. The van der Waals surface area contributed by atoms with Gasteiger partial charge in [0.2, 0.25) is 0 Å². The average molecular weight is 311 g/mol. The lowest BCUT2D eigenvalue weighted by molar-refractivity contribution is 0.102. The molecule has 2 aromatic carbocycles. The number of amides is 1. The maximum absolute atomic E-state index is 13.6. The van der Waals surface area contributed by atoms with Crippen molar-refractivity contribution in [2.45, 2.75) is 0 Å². The number of rotatable bonds is 4. The maximum Gasteiger partial charge on any atom is 0.259 e. The Bertz CT molecular complexity index is 828. The lowest BCUT2D eigenvalue weighted by Gasteiger charge is -2.07. The number of H-pyrrole nitrogens is 1. The van der Waals surface area contributed by atoms with E-state index in [0.29, 0.717) is 17.0 Å². The SMILES string of the molecule is COc1ccc(-c2[nH]ncc2C(=O)Nc2ccccc2F)cc1. The van der Waals surface area contributed by atoms with Crippen molar-refractivity contribution < 1.29 is 13.9 Å². The fourth-order valence-corrected chi connectivity index (χ4v) is 2.19. The molecule has 0 unspecified atom stereocenters. The first-order valence-corrected chi connectivity index (χ1v) is 6.92. The summed E-state index contributed by atoms with van der Waals surface area (Å²) in [5.41, 5.74) is 1.79. The Morgan fingerprint density at radius 3 is 2.61 bits per heavy atom. The number of hydrogen-bond acceptors (Lipinski definition) is 3. The summed E-state index contributed by atoms with van der Waals surface area (Å²) >= 11 is 0. The van der Waals surface area contributed by atoms with Gasteiger partial charge < -0.3 is 10.1 Å². The van der Waals surface area contributed by atoms with Crippen LogP contribution in [0.1, 0.15) is 10.4 Å². The largest absolute Gasteiger partial charge is 0.497 e. The predicted molar refractivity (Wildman–Crippen MR) is 84.9 cm³/mol. The lowest BCUT2D eigenvalue weighted by atomic mass is 10.1. The minimum absolute atomic E-state index is 0.124. The molecule has 0 saturated heterocycles. The van der Waals surface area contributed by atoms with Crippen molar-refractivity contribution in [2.24, 2.45) is 0 Å². The van der Waals surface area contributed by atoms with Gasteiger partial charge in [0.1, 0.15) is 11.6 Å². The fourth-order valence-electron chi connectivity index (χ4n) is 2.19. The van der Waals surface area contributed by atoms with Crippen LogP contribution in [0.4, 0.5) is 10.1 Å². The third kappa shape index (κ3) is 3.06. The molecule has 116 valence electrons. The Morgan fingerprint density at radius 1 is 1.17 bits per heavy atom. The van der Waals surface area contributed by atoms with Crippen molar-refractivity contribution in [2.75, 3.05) is 12.4 Å². The molecule has 0 atom stereocenters. The highest BCUT2D eigenvalue weighted by Gasteiger charge is 2.16. The number of anilines is 1. The van der Waals surface area contributed by atoms with E-state index < -0.39 is 11.7 Å². The van der Waals surface area contributed by atoms with Gasteiger partial charge in [0.15, 0.2) is 0 Å². The van der Waals surface area contributed by atoms with Crippen LogP contribution in [-0.4, -0.2) is 23.2 Å². The summed E-state index contributed by atoms with van der Waals surface area (Å²) in [5, 5.41) is 9.26. The molecule has 0 spiro atoms. The monoisotopic (exact) mass is 311 g/mol. The molecule has 3 rings (SSSR count). The summed E-state index contributed by atoms with van der Waals surface area (Å²) in [6.07, 6.45) is 1.41. The molecule has 0 fully saturated rings. The molecule has 5 nitrogen and oxygen atoms in total. The minimum atomic E-state index is -0.490. The van der Waals surface area contributed by atoms with E-state index in [2.05, 4.69) is 15.5 Å². The summed E-state index contributed by atoms with van der Waals surface area (Å²) in [6, 6.07) is 13.2. The van der Waals surface area contributed by atoms with Gasteiger partial charge in [-0.25, -0.2) is 4.39 Å². The lowest BCUT2D eigenvalue weighted by Crippen LogP contribution is -2.13. The van der Waals surface area contributed by atoms with Crippen LogP contribution < -0.4 is 10.1 Å². The molecular formula is C17H14FN3O2. The fraction of sp³-hybridized carbons (Fsp3) is 0.0588. The molecule has 1 heterocycles. The highest BCUT2D eigenvalue weighted by atomic mass is 19.1. The molecule has 1 amide bonds.